The number of carbonyl (C=O) groups is 1. The number of carbonyl (C=O) groups excluding carboxylic acids is 1. The molecule has 3 heteroatoms. The fourth-order valence-electron chi connectivity index (χ4n) is 1.75. The van der Waals surface area contributed by atoms with Crippen LogP contribution in [0.5, 0.6) is 0 Å². The minimum Gasteiger partial charge on any atom is -0.497 e. The van der Waals surface area contributed by atoms with Crippen molar-refractivity contribution in [3.8, 4) is 12.8 Å². The van der Waals surface area contributed by atoms with Crippen LogP contribution in [0.3, 0.4) is 0 Å². The van der Waals surface area contributed by atoms with Gasteiger partial charge in [-0.15, -0.1) is 12.8 Å². The van der Waals surface area contributed by atoms with Gasteiger partial charge in [0.1, 0.15) is 5.76 Å². The first-order valence-corrected chi connectivity index (χ1v) is 7.52. The van der Waals surface area contributed by atoms with Crippen molar-refractivity contribution in [1.82, 2.24) is 0 Å². The molecule has 1 amide bonds. The van der Waals surface area contributed by atoms with E-state index < -0.39 is 0 Å². The molecule has 3 nitrogen and oxygen atoms in total. The summed E-state index contributed by atoms with van der Waals surface area (Å²) in [6.45, 7) is 7.76. The highest BCUT2D eigenvalue weighted by molar-refractivity contribution is 5.70. The number of methoxy groups -OCH3 is 1. The Labute approximate surface area is 131 Å². The summed E-state index contributed by atoms with van der Waals surface area (Å²) in [6.07, 6.45) is 19.8. The van der Waals surface area contributed by atoms with Crippen molar-refractivity contribution in [3.63, 3.8) is 0 Å². The topological polar surface area (TPSA) is 52.3 Å². The zero-order valence-electron chi connectivity index (χ0n) is 14.4. The van der Waals surface area contributed by atoms with E-state index in [1.807, 2.05) is 6.92 Å². The van der Waals surface area contributed by atoms with Gasteiger partial charge in [0.25, 0.3) is 0 Å². The molecule has 2 N–H and O–H groups in total. The Morgan fingerprint density at radius 1 is 1.19 bits per heavy atom. The van der Waals surface area contributed by atoms with E-state index >= 15 is 0 Å². The molecule has 0 fully saturated rings. The normalized spacial score (nSPS) is 10.6. The second-order valence-electron chi connectivity index (χ2n) is 4.42. The summed E-state index contributed by atoms with van der Waals surface area (Å²) < 4.78 is 5.36. The summed E-state index contributed by atoms with van der Waals surface area (Å²) in [6, 6.07) is 0. The van der Waals surface area contributed by atoms with Crippen LogP contribution in [-0.4, -0.2) is 13.0 Å². The molecule has 0 atom stereocenters. The number of ether oxygens (including phenoxy) is 1. The average molecular weight is 295 g/mol. The molecule has 122 valence electrons. The third-order valence-corrected chi connectivity index (χ3v) is 2.55. The Kier molecular flexibility index (Phi) is 23.9. The van der Waals surface area contributed by atoms with E-state index in [0.717, 1.165) is 18.6 Å². The maximum absolute atomic E-state index is 9.22. The van der Waals surface area contributed by atoms with Gasteiger partial charge in [-0.25, -0.2) is 0 Å². The summed E-state index contributed by atoms with van der Waals surface area (Å²) in [4.78, 5) is 9.22. The molecule has 0 saturated heterocycles. The van der Waals surface area contributed by atoms with Crippen LogP contribution < -0.4 is 5.73 Å². The molecule has 0 radical (unpaired) electrons. The quantitative estimate of drug-likeness (QED) is 0.308. The van der Waals surface area contributed by atoms with Crippen molar-refractivity contribution in [2.45, 2.75) is 66.2 Å². The van der Waals surface area contributed by atoms with E-state index in [1.54, 1.807) is 7.11 Å². The van der Waals surface area contributed by atoms with E-state index in [1.165, 1.54) is 38.2 Å². The molecular weight excluding hydrogens is 262 g/mol. The van der Waals surface area contributed by atoms with Gasteiger partial charge in [0.15, 0.2) is 0 Å². The fourth-order valence-corrected chi connectivity index (χ4v) is 1.75. The third kappa shape index (κ3) is 20.8. The lowest BCUT2D eigenvalue weighted by Gasteiger charge is -2.10. The van der Waals surface area contributed by atoms with Gasteiger partial charge in [-0.05, 0) is 37.8 Å². The number of amides is 1. The van der Waals surface area contributed by atoms with Gasteiger partial charge in [-0.1, -0.05) is 39.2 Å². The highest BCUT2D eigenvalue weighted by Crippen LogP contribution is 2.19. The maximum atomic E-state index is 9.22. The lowest BCUT2D eigenvalue weighted by molar-refractivity contribution is -0.115. The Morgan fingerprint density at radius 2 is 1.71 bits per heavy atom. The average Bonchev–Trinajstić information content (AvgIpc) is 2.46. The number of rotatable bonds is 8. The fraction of sp³-hybridized carbons (Fsp3) is 0.611. The number of hydrogen-bond donors (Lipinski definition) is 1. The molecule has 0 aromatic rings. The molecule has 0 aromatic carbocycles. The Bertz CT molecular complexity index is 310. The van der Waals surface area contributed by atoms with Gasteiger partial charge in [0.05, 0.1) is 7.11 Å². The van der Waals surface area contributed by atoms with Gasteiger partial charge in [0, 0.05) is 6.92 Å². The molecule has 0 spiro atoms. The SMILES string of the molecule is C#C.C/C=C(OC)\C(=C/CC)CCCCCC.CC(N)=O. The van der Waals surface area contributed by atoms with Gasteiger partial charge in [-0.3, -0.25) is 4.79 Å². The molecule has 0 aliphatic carbocycles. The highest BCUT2D eigenvalue weighted by atomic mass is 16.5. The number of allylic oxidation sites excluding steroid dienone is 3. The van der Waals surface area contributed by atoms with Crippen molar-refractivity contribution < 1.29 is 9.53 Å². The largest absolute Gasteiger partial charge is 0.497 e. The number of nitrogens with two attached hydrogens (primary N) is 1. The Hall–Kier alpha value is -1.69. The van der Waals surface area contributed by atoms with Crippen LogP contribution in [0.1, 0.15) is 66.2 Å². The van der Waals surface area contributed by atoms with Crippen LogP contribution in [0.15, 0.2) is 23.5 Å². The van der Waals surface area contributed by atoms with Crippen molar-refractivity contribution in [3.05, 3.63) is 23.5 Å². The summed E-state index contributed by atoms with van der Waals surface area (Å²) in [7, 11) is 1.75. The first kappa shape index (κ1) is 24.3. The van der Waals surface area contributed by atoms with E-state index in [2.05, 4.69) is 44.6 Å². The first-order chi connectivity index (χ1) is 10.0. The van der Waals surface area contributed by atoms with E-state index in [-0.39, 0.29) is 5.91 Å². The molecule has 0 heterocycles. The number of primary amides is 1. The molecule has 0 aromatic heterocycles. The van der Waals surface area contributed by atoms with E-state index in [0.29, 0.717) is 0 Å². The van der Waals surface area contributed by atoms with Crippen LogP contribution in [0.25, 0.3) is 0 Å². The Morgan fingerprint density at radius 3 is 2.05 bits per heavy atom. The summed E-state index contributed by atoms with van der Waals surface area (Å²) in [5.41, 5.74) is 5.85. The molecule has 0 rings (SSSR count). The van der Waals surface area contributed by atoms with Gasteiger partial charge >= 0.3 is 0 Å². The molecule has 0 unspecified atom stereocenters. The lowest BCUT2D eigenvalue weighted by Crippen LogP contribution is -2.01. The summed E-state index contributed by atoms with van der Waals surface area (Å²) in [5.74, 6) is 0.716. The zero-order valence-corrected chi connectivity index (χ0v) is 14.4. The van der Waals surface area contributed by atoms with E-state index in [9.17, 15) is 4.79 Å². The van der Waals surface area contributed by atoms with Crippen LogP contribution in [0.4, 0.5) is 0 Å². The minimum atomic E-state index is -0.333. The van der Waals surface area contributed by atoms with Gasteiger partial charge < -0.3 is 10.5 Å². The predicted octanol–water partition coefficient (Wildman–Crippen LogP) is 4.58. The molecule has 21 heavy (non-hydrogen) atoms. The number of hydrogen-bond acceptors (Lipinski definition) is 2. The zero-order chi connectivity index (χ0) is 17.1. The molecular formula is C18H33NO2. The van der Waals surface area contributed by atoms with Crippen LogP contribution in [0.2, 0.25) is 0 Å². The predicted molar refractivity (Wildman–Crippen MR) is 92.7 cm³/mol. The van der Waals surface area contributed by atoms with Crippen molar-refractivity contribution in [2.75, 3.05) is 7.11 Å². The molecule has 0 aliphatic rings. The minimum absolute atomic E-state index is 0.333. The maximum Gasteiger partial charge on any atom is 0.214 e. The number of terminal acetylenes is 1. The first-order valence-electron chi connectivity index (χ1n) is 7.52. The van der Waals surface area contributed by atoms with Crippen molar-refractivity contribution >= 4 is 5.91 Å². The second kappa shape index (κ2) is 20.6. The standard InChI is InChI=1S/C14H26O.C2H5NO.C2H2/c1-5-8-9-10-12-13(11-6-2)14(7-3)15-4;1-2(3)4;1-2/h7,11H,5-6,8-10,12H2,1-4H3;1H3,(H2,3,4);1-2H/b13-11-,14-7+;;. The molecule has 0 bridgehead atoms. The van der Waals surface area contributed by atoms with E-state index in [4.69, 9.17) is 4.74 Å². The lowest BCUT2D eigenvalue weighted by atomic mass is 10.0. The van der Waals surface area contributed by atoms with Gasteiger partial charge in [0.2, 0.25) is 5.91 Å². The van der Waals surface area contributed by atoms with Gasteiger partial charge in [-0.2, -0.15) is 0 Å². The molecule has 0 saturated carbocycles. The smallest absolute Gasteiger partial charge is 0.214 e. The van der Waals surface area contributed by atoms with Crippen LogP contribution in [-0.2, 0) is 9.53 Å². The van der Waals surface area contributed by atoms with Crippen molar-refractivity contribution in [2.24, 2.45) is 5.73 Å². The molecule has 0 aliphatic heterocycles. The summed E-state index contributed by atoms with van der Waals surface area (Å²) >= 11 is 0. The highest BCUT2D eigenvalue weighted by Gasteiger charge is 2.03. The van der Waals surface area contributed by atoms with Crippen LogP contribution >= 0.6 is 0 Å². The second-order valence-corrected chi connectivity index (χ2v) is 4.42. The number of unbranched alkanes of at least 4 members (excludes halogenated alkanes) is 3. The monoisotopic (exact) mass is 295 g/mol. The summed E-state index contributed by atoms with van der Waals surface area (Å²) in [5, 5.41) is 0. The third-order valence-electron chi connectivity index (χ3n) is 2.55. The Balaban J connectivity index is -0.000000461. The van der Waals surface area contributed by atoms with Crippen molar-refractivity contribution in [1.29, 1.82) is 0 Å². The van der Waals surface area contributed by atoms with Crippen LogP contribution in [0, 0.1) is 12.8 Å².